The number of nitrogens with two attached hydrogens (primary N) is 1. The third kappa shape index (κ3) is 11.6. The molecule has 5 amide bonds. The fourth-order valence-corrected chi connectivity index (χ4v) is 4.04. The van der Waals surface area contributed by atoms with Gasteiger partial charge in [-0.1, -0.05) is 36.8 Å². The number of rotatable bonds is 18. The highest BCUT2D eigenvalue weighted by Crippen LogP contribution is 2.09. The Hall–Kier alpha value is -3.80. The van der Waals surface area contributed by atoms with Gasteiger partial charge in [0, 0.05) is 31.5 Å². The first kappa shape index (κ1) is 31.4. The summed E-state index contributed by atoms with van der Waals surface area (Å²) in [5.41, 5.74) is 5.67. The first-order valence-corrected chi connectivity index (χ1v) is 13.1. The number of unbranched alkanes of at least 4 members (excludes halogenated alkanes) is 3. The van der Waals surface area contributed by atoms with Crippen LogP contribution in [-0.4, -0.2) is 79.7 Å². The van der Waals surface area contributed by atoms with Gasteiger partial charge >= 0.3 is 0 Å². The van der Waals surface area contributed by atoms with E-state index in [4.69, 9.17) is 13.6 Å². The summed E-state index contributed by atoms with van der Waals surface area (Å²) in [7, 11) is 5.12. The van der Waals surface area contributed by atoms with E-state index in [0.717, 1.165) is 10.5 Å². The predicted octanol–water partition coefficient (Wildman–Crippen LogP) is -0.376. The van der Waals surface area contributed by atoms with Crippen LogP contribution in [0, 0.1) is 0 Å². The van der Waals surface area contributed by atoms with Gasteiger partial charge in [-0.3, -0.25) is 28.9 Å². The van der Waals surface area contributed by atoms with E-state index in [9.17, 15) is 28.8 Å². The molecule has 11 nitrogen and oxygen atoms in total. The highest BCUT2D eigenvalue weighted by molar-refractivity contribution is 6.58. The van der Waals surface area contributed by atoms with Crippen molar-refractivity contribution in [2.24, 2.45) is 5.73 Å². The number of hydrogen-bond donors (Lipinski definition) is 4. The van der Waals surface area contributed by atoms with Crippen LogP contribution in [0.25, 0.3) is 0 Å². The van der Waals surface area contributed by atoms with Crippen molar-refractivity contribution in [3.63, 3.8) is 0 Å². The first-order chi connectivity index (χ1) is 18.7. The Labute approximate surface area is 229 Å². The maximum Gasteiger partial charge on any atom is 0.253 e. The molecule has 1 aliphatic heterocycles. The lowest BCUT2D eigenvalue weighted by Gasteiger charge is -2.23. The van der Waals surface area contributed by atoms with E-state index < -0.39 is 29.6 Å². The van der Waals surface area contributed by atoms with Gasteiger partial charge in [0.25, 0.3) is 11.8 Å². The molecule has 5 N–H and O–H groups in total. The molecule has 0 spiro atoms. The summed E-state index contributed by atoms with van der Waals surface area (Å²) in [5, 5.41) is 7.89. The van der Waals surface area contributed by atoms with Crippen molar-refractivity contribution in [2.75, 3.05) is 19.6 Å². The van der Waals surface area contributed by atoms with Crippen molar-refractivity contribution in [3.8, 4) is 0 Å². The van der Waals surface area contributed by atoms with Crippen molar-refractivity contribution in [2.45, 2.75) is 63.5 Å². The highest BCUT2D eigenvalue weighted by atomic mass is 16.2. The van der Waals surface area contributed by atoms with Gasteiger partial charge in [-0.25, -0.2) is 0 Å². The van der Waals surface area contributed by atoms with E-state index in [2.05, 4.69) is 16.0 Å². The van der Waals surface area contributed by atoms with Gasteiger partial charge in [0.1, 0.15) is 12.1 Å². The second-order valence-electron chi connectivity index (χ2n) is 9.31. The average molecular weight is 537 g/mol. The molecule has 2 radical (unpaired) electrons. The summed E-state index contributed by atoms with van der Waals surface area (Å²) in [4.78, 5) is 74.1. The topological polar surface area (TPSA) is 168 Å². The molecule has 2 atom stereocenters. The Morgan fingerprint density at radius 2 is 1.54 bits per heavy atom. The van der Waals surface area contributed by atoms with E-state index in [1.807, 2.05) is 30.3 Å². The fourth-order valence-electron chi connectivity index (χ4n) is 4.04. The number of nitrogens with one attached hydrogen (secondary N) is 3. The van der Waals surface area contributed by atoms with Gasteiger partial charge in [0.05, 0.1) is 12.2 Å². The summed E-state index contributed by atoms with van der Waals surface area (Å²) in [6.45, 7) is 0.356. The summed E-state index contributed by atoms with van der Waals surface area (Å²) in [6.07, 6.45) is 6.04. The van der Waals surface area contributed by atoms with Crippen LogP contribution in [0.5, 0.6) is 0 Å². The van der Waals surface area contributed by atoms with Gasteiger partial charge in [-0.05, 0) is 44.2 Å². The van der Waals surface area contributed by atoms with Crippen LogP contribution in [0.2, 0.25) is 0 Å². The number of carbonyl (C=O) groups is 6. The molecule has 0 saturated carbocycles. The number of carbonyl (C=O) groups excluding carboxylic acids is 6. The number of hydrogen-bond acceptors (Lipinski definition) is 7. The SMILES string of the molecule is [B]C(=O)CNC(=O)[C@H](CCCCN)NC(=O)[C@H](Cc1ccccc1)NC(=O)CCCCCN1C(=O)C=CC1=O. The lowest BCUT2D eigenvalue weighted by atomic mass is 10.0. The number of nitrogens with zero attached hydrogens (tertiary/aromatic N) is 1. The Bertz CT molecular complexity index is 1030. The van der Waals surface area contributed by atoms with Crippen molar-refractivity contribution in [1.29, 1.82) is 0 Å². The highest BCUT2D eigenvalue weighted by Gasteiger charge is 2.27. The molecule has 1 heterocycles. The summed E-state index contributed by atoms with van der Waals surface area (Å²) in [6, 6.07) is 7.29. The van der Waals surface area contributed by atoms with E-state index in [1.165, 1.54) is 12.2 Å². The first-order valence-electron chi connectivity index (χ1n) is 13.1. The van der Waals surface area contributed by atoms with Gasteiger partial charge in [-0.2, -0.15) is 0 Å². The van der Waals surface area contributed by atoms with Gasteiger partial charge in [0.2, 0.25) is 17.7 Å². The number of benzene rings is 1. The molecular weight excluding hydrogens is 501 g/mol. The number of amides is 5. The third-order valence-corrected chi connectivity index (χ3v) is 6.14. The zero-order valence-corrected chi connectivity index (χ0v) is 22.0. The monoisotopic (exact) mass is 537 g/mol. The zero-order valence-electron chi connectivity index (χ0n) is 22.0. The molecule has 0 aromatic heterocycles. The van der Waals surface area contributed by atoms with Crippen LogP contribution in [0.3, 0.4) is 0 Å². The van der Waals surface area contributed by atoms with Gasteiger partial charge < -0.3 is 26.5 Å². The Kier molecular flexibility index (Phi) is 13.6. The standard InChI is InChI=1S/C27H36BN5O6/c28-22(34)18-30-26(38)20(11-6-7-15-29)32-27(39)21(17-19-9-3-1-4-10-19)31-23(35)12-5-2-8-16-33-24(36)13-14-25(33)37/h1,3-4,9-10,13-14,20-21H,2,5-8,11-12,15-18,29H2,(H,30,38)(H,31,35)(H,32,39)/t20-,21-/m0/s1. The lowest BCUT2D eigenvalue weighted by Crippen LogP contribution is -2.54. The van der Waals surface area contributed by atoms with Crippen LogP contribution >= 0.6 is 0 Å². The number of imide groups is 1. The zero-order chi connectivity index (χ0) is 28.6. The van der Waals surface area contributed by atoms with Crippen LogP contribution in [0.1, 0.15) is 50.5 Å². The summed E-state index contributed by atoms with van der Waals surface area (Å²) in [5.74, 6) is -2.08. The van der Waals surface area contributed by atoms with Crippen LogP contribution in [0.15, 0.2) is 42.5 Å². The molecule has 1 aromatic carbocycles. The molecule has 39 heavy (non-hydrogen) atoms. The smallest absolute Gasteiger partial charge is 0.253 e. The molecular formula is C27H36BN5O6. The lowest BCUT2D eigenvalue weighted by molar-refractivity contribution is -0.137. The maximum atomic E-state index is 13.3. The average Bonchev–Trinajstić information content (AvgIpc) is 3.23. The van der Waals surface area contributed by atoms with E-state index in [1.54, 1.807) is 0 Å². The molecule has 0 unspecified atom stereocenters. The molecule has 12 heteroatoms. The second kappa shape index (κ2) is 16.9. The minimum absolute atomic E-state index is 0.151. The molecule has 0 fully saturated rings. The summed E-state index contributed by atoms with van der Waals surface area (Å²) < 4.78 is 0. The van der Waals surface area contributed by atoms with E-state index >= 15 is 0 Å². The molecule has 2 rings (SSSR count). The van der Waals surface area contributed by atoms with Crippen LogP contribution in [-0.2, 0) is 35.2 Å². The quantitative estimate of drug-likeness (QED) is 0.113. The summed E-state index contributed by atoms with van der Waals surface area (Å²) >= 11 is 0. The fraction of sp³-hybridized carbons (Fsp3) is 0.481. The predicted molar refractivity (Wildman–Crippen MR) is 145 cm³/mol. The molecule has 208 valence electrons. The van der Waals surface area contributed by atoms with Crippen molar-refractivity contribution < 1.29 is 28.8 Å². The van der Waals surface area contributed by atoms with Crippen molar-refractivity contribution in [1.82, 2.24) is 20.9 Å². The second-order valence-corrected chi connectivity index (χ2v) is 9.31. The third-order valence-electron chi connectivity index (χ3n) is 6.14. The molecule has 0 saturated heterocycles. The van der Waals surface area contributed by atoms with E-state index in [0.29, 0.717) is 45.1 Å². The van der Waals surface area contributed by atoms with Crippen LogP contribution in [0.4, 0.5) is 0 Å². The molecule has 1 aromatic rings. The molecule has 1 aliphatic rings. The molecule has 0 aliphatic carbocycles. The minimum Gasteiger partial charge on any atom is -0.348 e. The minimum atomic E-state index is -0.938. The Balaban J connectivity index is 1.96. The Morgan fingerprint density at radius 1 is 0.846 bits per heavy atom. The van der Waals surface area contributed by atoms with Crippen LogP contribution < -0.4 is 21.7 Å². The van der Waals surface area contributed by atoms with Gasteiger partial charge in [-0.15, -0.1) is 0 Å². The van der Waals surface area contributed by atoms with Gasteiger partial charge in [0.15, 0.2) is 7.85 Å². The molecule has 0 bridgehead atoms. The normalized spacial score (nSPS) is 14.1. The van der Waals surface area contributed by atoms with E-state index in [-0.39, 0.29) is 43.7 Å². The largest absolute Gasteiger partial charge is 0.348 e. The Morgan fingerprint density at radius 3 is 2.18 bits per heavy atom. The van der Waals surface area contributed by atoms with Crippen molar-refractivity contribution >= 4 is 43.1 Å². The van der Waals surface area contributed by atoms with Crippen molar-refractivity contribution in [3.05, 3.63) is 48.0 Å². The maximum absolute atomic E-state index is 13.3.